The highest BCUT2D eigenvalue weighted by Gasteiger charge is 2.16. The Bertz CT molecular complexity index is 833. The van der Waals surface area contributed by atoms with Gasteiger partial charge >= 0.3 is 5.97 Å². The minimum atomic E-state index is -0.395. The maximum absolute atomic E-state index is 11.9. The first-order valence-corrected chi connectivity index (χ1v) is 8.24. The van der Waals surface area contributed by atoms with Gasteiger partial charge in [-0.1, -0.05) is 42.1 Å². The zero-order chi connectivity index (χ0) is 16.2. The van der Waals surface area contributed by atoms with Crippen molar-refractivity contribution in [1.82, 2.24) is 19.6 Å². The summed E-state index contributed by atoms with van der Waals surface area (Å²) in [6, 6.07) is 10.1. The van der Waals surface area contributed by atoms with E-state index in [2.05, 4.69) is 27.2 Å². The molecular weight excluding hydrogens is 312 g/mol. The minimum Gasteiger partial charge on any atom is -0.462 e. The van der Waals surface area contributed by atoms with Crippen LogP contribution in [0.2, 0.25) is 0 Å². The molecule has 1 aromatic carbocycles. The fourth-order valence-electron chi connectivity index (χ4n) is 2.12. The number of carbonyl (C=O) groups is 1. The van der Waals surface area contributed by atoms with E-state index >= 15 is 0 Å². The molecule has 0 bridgehead atoms. The molecule has 0 amide bonds. The molecule has 118 valence electrons. The third-order valence-corrected chi connectivity index (χ3v) is 4.20. The van der Waals surface area contributed by atoms with Gasteiger partial charge in [-0.3, -0.25) is 0 Å². The molecule has 0 N–H and O–H groups in total. The van der Waals surface area contributed by atoms with Crippen molar-refractivity contribution in [2.45, 2.75) is 24.8 Å². The number of fused-ring (bicyclic) bond motifs is 1. The van der Waals surface area contributed by atoms with Gasteiger partial charge in [-0.15, -0.1) is 5.10 Å². The molecule has 2 heterocycles. The summed E-state index contributed by atoms with van der Waals surface area (Å²) in [6.45, 7) is 3.90. The van der Waals surface area contributed by atoms with Crippen LogP contribution in [-0.4, -0.2) is 32.2 Å². The number of carbonyl (C=O) groups excluding carboxylic acids is 1. The minimum absolute atomic E-state index is 0.325. The van der Waals surface area contributed by atoms with Gasteiger partial charge in [-0.05, 0) is 19.4 Å². The van der Waals surface area contributed by atoms with Crippen LogP contribution in [0.1, 0.15) is 28.5 Å². The van der Waals surface area contributed by atoms with E-state index in [9.17, 15) is 4.79 Å². The second kappa shape index (κ2) is 6.78. The van der Waals surface area contributed by atoms with Crippen molar-refractivity contribution >= 4 is 23.5 Å². The lowest BCUT2D eigenvalue weighted by Crippen LogP contribution is -2.11. The quantitative estimate of drug-likeness (QED) is 0.530. The Morgan fingerprint density at radius 3 is 2.83 bits per heavy atom. The van der Waals surface area contributed by atoms with Crippen molar-refractivity contribution in [3.8, 4) is 0 Å². The molecule has 0 fully saturated rings. The first kappa shape index (κ1) is 15.5. The molecule has 0 saturated heterocycles. The normalized spacial score (nSPS) is 10.9. The summed E-state index contributed by atoms with van der Waals surface area (Å²) in [5, 5.41) is 5.06. The maximum atomic E-state index is 11.9. The van der Waals surface area contributed by atoms with Crippen LogP contribution in [0, 0.1) is 6.92 Å². The average Bonchev–Trinajstić information content (AvgIpc) is 2.98. The number of aryl methyl sites for hydroxylation is 1. The number of aromatic nitrogens is 4. The van der Waals surface area contributed by atoms with Gasteiger partial charge in [-0.25, -0.2) is 9.78 Å². The van der Waals surface area contributed by atoms with E-state index in [0.717, 1.165) is 5.75 Å². The van der Waals surface area contributed by atoms with E-state index in [0.29, 0.717) is 28.8 Å². The first-order chi connectivity index (χ1) is 11.2. The smallest absolute Gasteiger partial charge is 0.341 e. The van der Waals surface area contributed by atoms with E-state index in [1.54, 1.807) is 18.4 Å². The Labute approximate surface area is 137 Å². The Balaban J connectivity index is 1.84. The number of thioether (sulfide) groups is 1. The molecule has 0 spiro atoms. The fourth-order valence-corrected chi connectivity index (χ4v) is 2.89. The highest BCUT2D eigenvalue weighted by atomic mass is 32.2. The van der Waals surface area contributed by atoms with Gasteiger partial charge in [0.2, 0.25) is 5.16 Å². The van der Waals surface area contributed by atoms with Crippen molar-refractivity contribution < 1.29 is 9.53 Å². The van der Waals surface area contributed by atoms with Crippen LogP contribution in [-0.2, 0) is 10.5 Å². The number of benzene rings is 1. The number of hydrogen-bond donors (Lipinski definition) is 0. The Hall–Kier alpha value is -2.41. The third-order valence-electron chi connectivity index (χ3n) is 3.29. The van der Waals surface area contributed by atoms with Crippen LogP contribution in [0.4, 0.5) is 0 Å². The zero-order valence-corrected chi connectivity index (χ0v) is 13.7. The van der Waals surface area contributed by atoms with Crippen molar-refractivity contribution in [2.75, 3.05) is 6.61 Å². The Morgan fingerprint density at radius 1 is 1.30 bits per heavy atom. The average molecular weight is 328 g/mol. The van der Waals surface area contributed by atoms with Gasteiger partial charge in [-0.2, -0.15) is 9.50 Å². The highest BCUT2D eigenvalue weighted by Crippen LogP contribution is 2.20. The molecule has 2 aromatic heterocycles. The molecule has 0 saturated carbocycles. The summed E-state index contributed by atoms with van der Waals surface area (Å²) in [6.07, 6.45) is 1.49. The lowest BCUT2D eigenvalue weighted by molar-refractivity contribution is 0.0524. The molecule has 6 nitrogen and oxygen atoms in total. The predicted molar refractivity (Wildman–Crippen MR) is 87.5 cm³/mol. The van der Waals surface area contributed by atoms with Gasteiger partial charge in [0.25, 0.3) is 5.78 Å². The van der Waals surface area contributed by atoms with Crippen LogP contribution < -0.4 is 0 Å². The van der Waals surface area contributed by atoms with Crippen molar-refractivity contribution in [3.63, 3.8) is 0 Å². The first-order valence-electron chi connectivity index (χ1n) is 7.25. The maximum Gasteiger partial charge on any atom is 0.341 e. The number of nitrogens with zero attached hydrogens (tertiary/aromatic N) is 4. The monoisotopic (exact) mass is 328 g/mol. The number of rotatable bonds is 5. The molecule has 0 unspecified atom stereocenters. The highest BCUT2D eigenvalue weighted by molar-refractivity contribution is 7.98. The predicted octanol–water partition coefficient (Wildman–Crippen LogP) is 2.90. The van der Waals surface area contributed by atoms with Crippen LogP contribution in [0.3, 0.4) is 0 Å². The van der Waals surface area contributed by atoms with E-state index < -0.39 is 5.97 Å². The Kier molecular flexibility index (Phi) is 4.57. The van der Waals surface area contributed by atoms with Gasteiger partial charge < -0.3 is 4.74 Å². The summed E-state index contributed by atoms with van der Waals surface area (Å²) in [7, 11) is 0. The van der Waals surface area contributed by atoms with Gasteiger partial charge in [0, 0.05) is 11.9 Å². The van der Waals surface area contributed by atoms with Gasteiger partial charge in [0.15, 0.2) is 0 Å². The topological polar surface area (TPSA) is 69.4 Å². The largest absolute Gasteiger partial charge is 0.462 e. The SMILES string of the molecule is CCOC(=O)c1cnc2nc(SCc3ccccc3)nn2c1C. The second-order valence-corrected chi connectivity index (χ2v) is 5.80. The van der Waals surface area contributed by atoms with Gasteiger partial charge in [0.05, 0.1) is 17.9 Å². The standard InChI is InChI=1S/C16H16N4O2S/c1-3-22-14(21)13-9-17-15-18-16(19-20(15)11(13)2)23-10-12-7-5-4-6-8-12/h4-9H,3,10H2,1-2H3. The van der Waals surface area contributed by atoms with Crippen LogP contribution in [0.25, 0.3) is 5.78 Å². The molecule has 7 heteroatoms. The molecule has 23 heavy (non-hydrogen) atoms. The lowest BCUT2D eigenvalue weighted by atomic mass is 10.2. The number of hydrogen-bond acceptors (Lipinski definition) is 6. The molecule has 0 aliphatic heterocycles. The fraction of sp³-hybridized carbons (Fsp3) is 0.250. The zero-order valence-electron chi connectivity index (χ0n) is 12.9. The summed E-state index contributed by atoms with van der Waals surface area (Å²) in [5.74, 6) is 0.862. The molecule has 3 aromatic rings. The lowest BCUT2D eigenvalue weighted by Gasteiger charge is -2.05. The summed E-state index contributed by atoms with van der Waals surface area (Å²) < 4.78 is 6.61. The number of esters is 1. The molecule has 0 radical (unpaired) electrons. The summed E-state index contributed by atoms with van der Waals surface area (Å²) in [4.78, 5) is 20.5. The molecular formula is C16H16N4O2S. The van der Waals surface area contributed by atoms with Crippen molar-refractivity contribution in [2.24, 2.45) is 0 Å². The second-order valence-electron chi connectivity index (χ2n) is 4.86. The summed E-state index contributed by atoms with van der Waals surface area (Å²) >= 11 is 1.53. The van der Waals surface area contributed by atoms with Crippen molar-refractivity contribution in [1.29, 1.82) is 0 Å². The van der Waals surface area contributed by atoms with E-state index in [1.165, 1.54) is 23.5 Å². The molecule has 0 aliphatic carbocycles. The van der Waals surface area contributed by atoms with E-state index in [4.69, 9.17) is 4.74 Å². The summed E-state index contributed by atoms with van der Waals surface area (Å²) in [5.41, 5.74) is 2.28. The van der Waals surface area contributed by atoms with E-state index in [1.807, 2.05) is 18.2 Å². The number of ether oxygens (including phenoxy) is 1. The van der Waals surface area contributed by atoms with Crippen LogP contribution in [0.15, 0.2) is 41.7 Å². The van der Waals surface area contributed by atoms with Gasteiger partial charge in [0.1, 0.15) is 0 Å². The third kappa shape index (κ3) is 3.34. The molecule has 0 aliphatic rings. The van der Waals surface area contributed by atoms with E-state index in [-0.39, 0.29) is 0 Å². The molecule has 0 atom stereocenters. The van der Waals surface area contributed by atoms with Crippen molar-refractivity contribution in [3.05, 3.63) is 53.3 Å². The van der Waals surface area contributed by atoms with Crippen LogP contribution >= 0.6 is 11.8 Å². The molecule has 3 rings (SSSR count). The Morgan fingerprint density at radius 2 is 2.09 bits per heavy atom. The van der Waals surface area contributed by atoms with Crippen LogP contribution in [0.5, 0.6) is 0 Å².